The topological polar surface area (TPSA) is 132 Å². The third-order valence-corrected chi connectivity index (χ3v) is 6.99. The Morgan fingerprint density at radius 1 is 1.22 bits per heavy atom. The van der Waals surface area contributed by atoms with Crippen LogP contribution in [0.1, 0.15) is 22.5 Å². The minimum absolute atomic E-state index is 0.318. The molecule has 0 aliphatic rings. The number of rotatable bonds is 6. The molecule has 0 unspecified atom stereocenters. The van der Waals surface area contributed by atoms with Crippen LogP contribution in [-0.4, -0.2) is 30.8 Å². The second-order valence-electron chi connectivity index (χ2n) is 3.60. The average Bonchev–Trinajstić information content (AvgIpc) is 2.65. The Labute approximate surface area is 107 Å². The van der Waals surface area contributed by atoms with Gasteiger partial charge < -0.3 is 19.6 Å². The zero-order valence-electron chi connectivity index (χ0n) is 9.04. The Morgan fingerprint density at radius 2 is 1.78 bits per heavy atom. The number of carbonyl (C=O) groups excluding carboxylic acids is 1. The molecular formula is C8H12O7P2S. The van der Waals surface area contributed by atoms with Crippen molar-refractivity contribution in [2.75, 3.05) is 0 Å². The summed E-state index contributed by atoms with van der Waals surface area (Å²) in [6.07, 6.45) is -0.868. The summed E-state index contributed by atoms with van der Waals surface area (Å²) in [5.41, 5.74) is 0. The van der Waals surface area contributed by atoms with Crippen LogP contribution in [0.4, 0.5) is 0 Å². The molecule has 1 aromatic rings. The molecule has 10 heteroatoms. The molecule has 0 aromatic carbocycles. The van der Waals surface area contributed by atoms with Gasteiger partial charge in [0, 0.05) is 6.42 Å². The summed E-state index contributed by atoms with van der Waals surface area (Å²) in [6.45, 7) is 0. The number of hydrogen-bond donors (Lipinski definition) is 4. The molecule has 0 atom stereocenters. The lowest BCUT2D eigenvalue weighted by molar-refractivity contribution is 0.0984. The number of thiophene rings is 1. The minimum Gasteiger partial charge on any atom is -0.324 e. The quantitative estimate of drug-likeness (QED) is 0.460. The van der Waals surface area contributed by atoms with Crippen LogP contribution in [0.25, 0.3) is 0 Å². The van der Waals surface area contributed by atoms with Gasteiger partial charge in [-0.05, 0) is 17.9 Å². The van der Waals surface area contributed by atoms with Gasteiger partial charge in [0.2, 0.25) is 0 Å². The lowest BCUT2D eigenvalue weighted by Gasteiger charge is -2.18. The Bertz CT molecular complexity index is 478. The highest BCUT2D eigenvalue weighted by atomic mass is 32.1. The summed E-state index contributed by atoms with van der Waals surface area (Å²) >= 11 is 1.16. The second kappa shape index (κ2) is 5.75. The van der Waals surface area contributed by atoms with E-state index in [-0.39, 0.29) is 6.42 Å². The van der Waals surface area contributed by atoms with Gasteiger partial charge in [0.25, 0.3) is 0 Å². The summed E-state index contributed by atoms with van der Waals surface area (Å²) in [6, 6.07) is 3.18. The van der Waals surface area contributed by atoms with E-state index >= 15 is 0 Å². The summed E-state index contributed by atoms with van der Waals surface area (Å²) in [5.74, 6) is -0.392. The molecule has 1 rings (SSSR count). The molecule has 4 N–H and O–H groups in total. The van der Waals surface area contributed by atoms with Crippen molar-refractivity contribution < 1.29 is 33.5 Å². The molecule has 0 amide bonds. The van der Waals surface area contributed by atoms with E-state index in [0.717, 1.165) is 11.3 Å². The van der Waals surface area contributed by atoms with E-state index in [4.69, 9.17) is 19.6 Å². The highest BCUT2D eigenvalue weighted by Crippen LogP contribution is 2.61. The molecule has 0 spiro atoms. The highest BCUT2D eigenvalue weighted by Gasteiger charge is 2.43. The number of ketones is 1. The smallest absolute Gasteiger partial charge is 0.324 e. The number of carbonyl (C=O) groups is 1. The van der Waals surface area contributed by atoms with Crippen molar-refractivity contribution in [3.63, 3.8) is 0 Å². The van der Waals surface area contributed by atoms with Crippen LogP contribution in [0.5, 0.6) is 0 Å². The molecule has 1 aromatic heterocycles. The van der Waals surface area contributed by atoms with Crippen LogP contribution in [0.15, 0.2) is 17.5 Å². The van der Waals surface area contributed by atoms with Crippen LogP contribution < -0.4 is 0 Å². The van der Waals surface area contributed by atoms with Gasteiger partial charge in [0.15, 0.2) is 11.2 Å². The fraction of sp³-hybridized carbons (Fsp3) is 0.375. The van der Waals surface area contributed by atoms with E-state index in [1.807, 2.05) is 0 Å². The zero-order chi connectivity index (χ0) is 14.0. The van der Waals surface area contributed by atoms with Crippen molar-refractivity contribution in [1.29, 1.82) is 0 Å². The molecule has 0 saturated carbocycles. The Hall–Kier alpha value is -0.330. The molecule has 0 aliphatic heterocycles. The van der Waals surface area contributed by atoms with Gasteiger partial charge in [-0.3, -0.25) is 13.9 Å². The summed E-state index contributed by atoms with van der Waals surface area (Å²) in [5, 5.41) is -0.453. The van der Waals surface area contributed by atoms with Crippen molar-refractivity contribution in [1.82, 2.24) is 0 Å². The average molecular weight is 314 g/mol. The third kappa shape index (κ3) is 4.40. The lowest BCUT2D eigenvalue weighted by Crippen LogP contribution is -2.11. The molecule has 18 heavy (non-hydrogen) atoms. The van der Waals surface area contributed by atoms with Gasteiger partial charge in [0.05, 0.1) is 4.88 Å². The molecule has 0 aliphatic carbocycles. The van der Waals surface area contributed by atoms with Crippen molar-refractivity contribution in [3.05, 3.63) is 22.4 Å². The predicted molar refractivity (Wildman–Crippen MR) is 65.8 cm³/mol. The molecule has 7 nitrogen and oxygen atoms in total. The molecule has 0 fully saturated rings. The fourth-order valence-corrected chi connectivity index (χ4v) is 4.55. The van der Waals surface area contributed by atoms with Crippen molar-refractivity contribution in [2.24, 2.45) is 0 Å². The van der Waals surface area contributed by atoms with E-state index < -0.39 is 32.8 Å². The van der Waals surface area contributed by atoms with Crippen molar-refractivity contribution in [3.8, 4) is 0 Å². The van der Waals surface area contributed by atoms with Gasteiger partial charge in [0.1, 0.15) is 0 Å². The zero-order valence-corrected chi connectivity index (χ0v) is 11.6. The van der Waals surface area contributed by atoms with E-state index in [1.54, 1.807) is 11.4 Å². The molecule has 1 heterocycles. The van der Waals surface area contributed by atoms with Crippen LogP contribution in [-0.2, 0) is 9.13 Å². The maximum Gasteiger partial charge on any atom is 0.340 e. The molecule has 0 radical (unpaired) electrons. The van der Waals surface area contributed by atoms with Gasteiger partial charge in [-0.15, -0.1) is 11.3 Å². The van der Waals surface area contributed by atoms with E-state index in [1.165, 1.54) is 6.07 Å². The van der Waals surface area contributed by atoms with Crippen LogP contribution in [0.2, 0.25) is 0 Å². The first-order valence-corrected chi connectivity index (χ1v) is 9.04. The van der Waals surface area contributed by atoms with Crippen molar-refractivity contribution in [2.45, 2.75) is 18.2 Å². The first kappa shape index (κ1) is 15.7. The maximum absolute atomic E-state index is 11.6. The van der Waals surface area contributed by atoms with E-state index in [9.17, 15) is 13.9 Å². The van der Waals surface area contributed by atoms with Gasteiger partial charge in [-0.1, -0.05) is 6.07 Å². The van der Waals surface area contributed by atoms with E-state index in [0.29, 0.717) is 4.88 Å². The largest absolute Gasteiger partial charge is 0.340 e. The monoisotopic (exact) mass is 314 g/mol. The first-order valence-electron chi connectivity index (χ1n) is 4.79. The first-order chi connectivity index (χ1) is 8.12. The number of Topliss-reactive ketones (excluding diaryl/α,β-unsaturated/α-hetero) is 1. The highest BCUT2D eigenvalue weighted by molar-refractivity contribution is 7.70. The summed E-state index contributed by atoms with van der Waals surface area (Å²) in [4.78, 5) is 47.4. The molecule has 0 bridgehead atoms. The van der Waals surface area contributed by atoms with Crippen LogP contribution in [0.3, 0.4) is 0 Å². The van der Waals surface area contributed by atoms with Gasteiger partial charge in [-0.25, -0.2) is 0 Å². The van der Waals surface area contributed by atoms with Crippen LogP contribution in [0, 0.1) is 0 Å². The summed E-state index contributed by atoms with van der Waals surface area (Å²) < 4.78 is 21.9. The Morgan fingerprint density at radius 3 is 2.17 bits per heavy atom. The molecule has 0 saturated heterocycles. The standard InChI is InChI=1S/C8H12O7P2S/c9-6(7-2-1-5-18-7)3-4-8(16(10,11)12)17(13,14)15/h1-2,5,8H,3-4H2,(H2,10,11,12)(H2,13,14,15). The Kier molecular flexibility index (Phi) is 5.03. The maximum atomic E-state index is 11.6. The van der Waals surface area contributed by atoms with E-state index in [2.05, 4.69) is 0 Å². The fourth-order valence-electron chi connectivity index (χ4n) is 1.35. The minimum atomic E-state index is -4.94. The van der Waals surface area contributed by atoms with Crippen molar-refractivity contribution >= 4 is 32.3 Å². The Balaban J connectivity index is 2.73. The van der Waals surface area contributed by atoms with Gasteiger partial charge in [-0.2, -0.15) is 0 Å². The summed E-state index contributed by atoms with van der Waals surface area (Å²) in [7, 11) is -9.88. The molecule has 102 valence electrons. The SMILES string of the molecule is O=C(CCC(P(=O)(O)O)P(=O)(O)O)c1cccs1. The van der Waals surface area contributed by atoms with Crippen LogP contribution >= 0.6 is 26.5 Å². The second-order valence-corrected chi connectivity index (χ2v) is 8.56. The lowest BCUT2D eigenvalue weighted by atomic mass is 10.2. The predicted octanol–water partition coefficient (Wildman–Crippen LogP) is 1.39. The molecular weight excluding hydrogens is 302 g/mol. The number of hydrogen-bond acceptors (Lipinski definition) is 4. The van der Waals surface area contributed by atoms with Gasteiger partial charge >= 0.3 is 15.2 Å². The third-order valence-electron chi connectivity index (χ3n) is 2.20. The normalized spacial score (nSPS) is 12.9.